The van der Waals surface area contributed by atoms with E-state index in [-0.39, 0.29) is 6.04 Å². The molecule has 0 heterocycles. The smallest absolute Gasteiger partial charge is 0.182 e. The second-order valence-electron chi connectivity index (χ2n) is 4.67. The lowest BCUT2D eigenvalue weighted by Gasteiger charge is -2.24. The van der Waals surface area contributed by atoms with Crippen molar-refractivity contribution in [2.45, 2.75) is 49.8 Å². The van der Waals surface area contributed by atoms with Crippen molar-refractivity contribution < 1.29 is 8.42 Å². The van der Waals surface area contributed by atoms with E-state index in [1.54, 1.807) is 31.2 Å². The monoisotopic (exact) mass is 303 g/mol. The molecule has 3 nitrogen and oxygen atoms in total. The van der Waals surface area contributed by atoms with Crippen LogP contribution in [-0.4, -0.2) is 26.3 Å². The van der Waals surface area contributed by atoms with Gasteiger partial charge in [-0.1, -0.05) is 25.4 Å². The molecule has 1 aromatic carbocycles. The average molecular weight is 304 g/mol. The Morgan fingerprint density at radius 3 is 2.26 bits per heavy atom. The third kappa shape index (κ3) is 4.20. The van der Waals surface area contributed by atoms with Gasteiger partial charge in [0.1, 0.15) is 0 Å². The molecule has 0 spiro atoms. The van der Waals surface area contributed by atoms with Crippen LogP contribution in [-0.2, 0) is 9.84 Å². The minimum Gasteiger partial charge on any atom is -0.313 e. The molecule has 0 amide bonds. The molecule has 2 atom stereocenters. The fourth-order valence-electron chi connectivity index (χ4n) is 2.03. The van der Waals surface area contributed by atoms with Crippen molar-refractivity contribution in [1.29, 1.82) is 0 Å². The van der Waals surface area contributed by atoms with Crippen molar-refractivity contribution in [1.82, 2.24) is 5.32 Å². The molecule has 0 bridgehead atoms. The number of benzene rings is 1. The molecule has 0 saturated heterocycles. The lowest BCUT2D eigenvalue weighted by atomic mass is 10.1. The molecule has 1 rings (SSSR count). The van der Waals surface area contributed by atoms with Crippen molar-refractivity contribution >= 4 is 21.4 Å². The van der Waals surface area contributed by atoms with Gasteiger partial charge in [-0.2, -0.15) is 0 Å². The van der Waals surface area contributed by atoms with E-state index in [1.165, 1.54) is 0 Å². The van der Waals surface area contributed by atoms with Crippen LogP contribution in [0.2, 0.25) is 5.02 Å². The summed E-state index contributed by atoms with van der Waals surface area (Å²) in [4.78, 5) is 0.334. The van der Waals surface area contributed by atoms with Crippen LogP contribution >= 0.6 is 11.6 Å². The fraction of sp³-hybridized carbons (Fsp3) is 0.571. The summed E-state index contributed by atoms with van der Waals surface area (Å²) < 4.78 is 25.0. The Hall–Kier alpha value is -0.580. The highest BCUT2D eigenvalue weighted by molar-refractivity contribution is 7.92. The van der Waals surface area contributed by atoms with Crippen molar-refractivity contribution in [2.75, 3.05) is 6.54 Å². The molecule has 1 aromatic rings. The lowest BCUT2D eigenvalue weighted by Crippen LogP contribution is -2.42. The number of hydrogen-bond donors (Lipinski definition) is 1. The summed E-state index contributed by atoms with van der Waals surface area (Å²) in [5, 5.41) is 3.39. The molecule has 0 aliphatic carbocycles. The Kier molecular flexibility index (Phi) is 6.30. The SMILES string of the molecule is CCCNC(CC)C(C)S(=O)(=O)c1ccc(Cl)cc1. The normalized spacial score (nSPS) is 15.2. The molecule has 0 radical (unpaired) electrons. The maximum Gasteiger partial charge on any atom is 0.182 e. The van der Waals surface area contributed by atoms with Gasteiger partial charge in [-0.15, -0.1) is 0 Å². The minimum absolute atomic E-state index is 0.0272. The summed E-state index contributed by atoms with van der Waals surface area (Å²) in [6, 6.07) is 6.34. The van der Waals surface area contributed by atoms with Crippen molar-refractivity contribution in [3.63, 3.8) is 0 Å². The first-order valence-electron chi connectivity index (χ1n) is 6.66. The molecular formula is C14H22ClNO2S. The van der Waals surface area contributed by atoms with Crippen LogP contribution in [0.15, 0.2) is 29.2 Å². The zero-order valence-electron chi connectivity index (χ0n) is 11.7. The summed E-state index contributed by atoms with van der Waals surface area (Å²) in [5.41, 5.74) is 0. The highest BCUT2D eigenvalue weighted by Crippen LogP contribution is 2.21. The van der Waals surface area contributed by atoms with Crippen LogP contribution in [0.4, 0.5) is 0 Å². The number of nitrogens with one attached hydrogen (secondary N) is 1. The highest BCUT2D eigenvalue weighted by atomic mass is 35.5. The van der Waals surface area contributed by atoms with Gasteiger partial charge in [0.2, 0.25) is 0 Å². The van der Waals surface area contributed by atoms with Crippen LogP contribution < -0.4 is 5.32 Å². The van der Waals surface area contributed by atoms with E-state index >= 15 is 0 Å². The predicted octanol–water partition coefficient (Wildman–Crippen LogP) is 3.28. The van der Waals surface area contributed by atoms with E-state index in [1.807, 2.05) is 6.92 Å². The molecule has 0 aliphatic rings. The third-order valence-electron chi connectivity index (χ3n) is 3.29. The van der Waals surface area contributed by atoms with Crippen LogP contribution in [0.25, 0.3) is 0 Å². The lowest BCUT2D eigenvalue weighted by molar-refractivity contribution is 0.472. The molecule has 0 aromatic heterocycles. The molecule has 0 fully saturated rings. The second kappa shape index (κ2) is 7.27. The first kappa shape index (κ1) is 16.5. The largest absolute Gasteiger partial charge is 0.313 e. The topological polar surface area (TPSA) is 46.2 Å². The first-order valence-corrected chi connectivity index (χ1v) is 8.58. The van der Waals surface area contributed by atoms with Gasteiger partial charge >= 0.3 is 0 Å². The zero-order valence-corrected chi connectivity index (χ0v) is 13.3. The molecular weight excluding hydrogens is 282 g/mol. The fourth-order valence-corrected chi connectivity index (χ4v) is 3.82. The van der Waals surface area contributed by atoms with Gasteiger partial charge in [-0.3, -0.25) is 0 Å². The Balaban J connectivity index is 2.94. The van der Waals surface area contributed by atoms with Gasteiger partial charge in [0.15, 0.2) is 9.84 Å². The molecule has 2 unspecified atom stereocenters. The van der Waals surface area contributed by atoms with Crippen LogP contribution in [0.3, 0.4) is 0 Å². The maximum absolute atomic E-state index is 12.5. The van der Waals surface area contributed by atoms with E-state index in [0.717, 1.165) is 19.4 Å². The molecule has 5 heteroatoms. The molecule has 0 saturated carbocycles. The maximum atomic E-state index is 12.5. The van der Waals surface area contributed by atoms with Crippen LogP contribution in [0.1, 0.15) is 33.6 Å². The number of sulfone groups is 1. The number of rotatable bonds is 7. The van der Waals surface area contributed by atoms with Crippen LogP contribution in [0.5, 0.6) is 0 Å². The highest BCUT2D eigenvalue weighted by Gasteiger charge is 2.29. The van der Waals surface area contributed by atoms with Crippen molar-refractivity contribution in [3.05, 3.63) is 29.3 Å². The predicted molar refractivity (Wildman–Crippen MR) is 80.5 cm³/mol. The summed E-state index contributed by atoms with van der Waals surface area (Å²) >= 11 is 5.79. The number of halogens is 1. The molecule has 108 valence electrons. The zero-order chi connectivity index (χ0) is 14.5. The molecule has 19 heavy (non-hydrogen) atoms. The van der Waals surface area contributed by atoms with Crippen molar-refractivity contribution in [3.8, 4) is 0 Å². The van der Waals surface area contributed by atoms with Crippen LogP contribution in [0, 0.1) is 0 Å². The summed E-state index contributed by atoms with van der Waals surface area (Å²) in [6.07, 6.45) is 1.78. The van der Waals surface area contributed by atoms with Gasteiger partial charge in [-0.25, -0.2) is 8.42 Å². The number of hydrogen-bond acceptors (Lipinski definition) is 3. The van der Waals surface area contributed by atoms with Gasteiger partial charge in [0.25, 0.3) is 0 Å². The Morgan fingerprint density at radius 2 is 1.79 bits per heavy atom. The van der Waals surface area contributed by atoms with E-state index in [0.29, 0.717) is 9.92 Å². The van der Waals surface area contributed by atoms with Gasteiger partial charge < -0.3 is 5.32 Å². The van der Waals surface area contributed by atoms with E-state index < -0.39 is 15.1 Å². The summed E-state index contributed by atoms with van der Waals surface area (Å²) in [7, 11) is -3.32. The first-order chi connectivity index (χ1) is 8.93. The Morgan fingerprint density at radius 1 is 1.21 bits per heavy atom. The average Bonchev–Trinajstić information content (AvgIpc) is 2.39. The summed E-state index contributed by atoms with van der Waals surface area (Å²) in [6.45, 7) is 6.67. The van der Waals surface area contributed by atoms with Crippen molar-refractivity contribution in [2.24, 2.45) is 0 Å². The van der Waals surface area contributed by atoms with Gasteiger partial charge in [0.05, 0.1) is 10.1 Å². The summed E-state index contributed by atoms with van der Waals surface area (Å²) in [5.74, 6) is 0. The Bertz CT molecular complexity index is 485. The minimum atomic E-state index is -3.32. The van der Waals surface area contributed by atoms with Gasteiger partial charge in [-0.05, 0) is 50.6 Å². The third-order valence-corrected chi connectivity index (χ3v) is 5.78. The molecule has 0 aliphatic heterocycles. The second-order valence-corrected chi connectivity index (χ2v) is 7.41. The van der Waals surface area contributed by atoms with E-state index in [4.69, 9.17) is 11.6 Å². The van der Waals surface area contributed by atoms with E-state index in [9.17, 15) is 8.42 Å². The van der Waals surface area contributed by atoms with E-state index in [2.05, 4.69) is 12.2 Å². The van der Waals surface area contributed by atoms with Gasteiger partial charge in [0, 0.05) is 11.1 Å². The quantitative estimate of drug-likeness (QED) is 0.841. The standard InChI is InChI=1S/C14H22ClNO2S/c1-4-10-16-14(5-2)11(3)19(17,18)13-8-6-12(15)7-9-13/h6-9,11,14,16H,4-5,10H2,1-3H3. The Labute approximate surface area is 121 Å². The molecule has 1 N–H and O–H groups in total.